The number of Topliss-reactive ketones (excluding diaryl/α,β-unsaturated/α-hetero) is 1. The standard InChI is InChI=1S/C22H18F2N4OS/c23-15-10-8-13(9-11-15)20-19-17(6-3-7-18(19)29)25-21-26-22(27-28(20)21)30-12-14-4-1-2-5-16(14)24/h1-2,4-5,8-11,20H,3,6-7,12H2,(H,25,26,27)/t20-/m1/s1. The average Bonchev–Trinajstić information content (AvgIpc) is 3.15. The fourth-order valence-electron chi connectivity index (χ4n) is 3.91. The highest BCUT2D eigenvalue weighted by atomic mass is 32.2. The van der Waals surface area contributed by atoms with Gasteiger partial charge in [0.1, 0.15) is 17.7 Å². The van der Waals surface area contributed by atoms with Crippen LogP contribution in [0.5, 0.6) is 0 Å². The molecule has 1 aliphatic carbocycles. The fraction of sp³-hybridized carbons (Fsp3) is 0.227. The normalized spacial score (nSPS) is 18.1. The lowest BCUT2D eigenvalue weighted by molar-refractivity contribution is -0.116. The minimum Gasteiger partial charge on any atom is -0.328 e. The number of ketones is 1. The number of hydrogen-bond acceptors (Lipinski definition) is 5. The first-order valence-electron chi connectivity index (χ1n) is 9.71. The summed E-state index contributed by atoms with van der Waals surface area (Å²) in [6, 6.07) is 12.3. The van der Waals surface area contributed by atoms with Gasteiger partial charge in [-0.05, 0) is 42.2 Å². The Balaban J connectivity index is 1.51. The van der Waals surface area contributed by atoms with Crippen molar-refractivity contribution in [1.82, 2.24) is 14.8 Å². The maximum absolute atomic E-state index is 13.9. The number of carbonyl (C=O) groups excluding carboxylic acids is 1. The van der Waals surface area contributed by atoms with Gasteiger partial charge < -0.3 is 5.32 Å². The maximum atomic E-state index is 13.9. The Morgan fingerprint density at radius 1 is 1.10 bits per heavy atom. The first-order valence-corrected chi connectivity index (χ1v) is 10.7. The molecule has 1 aromatic heterocycles. The predicted molar refractivity (Wildman–Crippen MR) is 110 cm³/mol. The largest absolute Gasteiger partial charge is 0.328 e. The Morgan fingerprint density at radius 3 is 2.70 bits per heavy atom. The number of anilines is 1. The van der Waals surface area contributed by atoms with Crippen LogP contribution in [-0.4, -0.2) is 20.5 Å². The number of allylic oxidation sites excluding steroid dienone is 2. The summed E-state index contributed by atoms with van der Waals surface area (Å²) in [6.07, 6.45) is 2.02. The van der Waals surface area contributed by atoms with Gasteiger partial charge in [0.05, 0.1) is 0 Å². The summed E-state index contributed by atoms with van der Waals surface area (Å²) in [5, 5.41) is 8.35. The third-order valence-corrected chi connectivity index (χ3v) is 6.24. The summed E-state index contributed by atoms with van der Waals surface area (Å²) in [5.74, 6) is 0.396. The van der Waals surface area contributed by atoms with Gasteiger partial charge in [0.2, 0.25) is 11.1 Å². The van der Waals surface area contributed by atoms with Crippen LogP contribution in [0.3, 0.4) is 0 Å². The number of benzene rings is 2. The molecule has 0 unspecified atom stereocenters. The average molecular weight is 424 g/mol. The monoisotopic (exact) mass is 424 g/mol. The lowest BCUT2D eigenvalue weighted by Gasteiger charge is -2.32. The van der Waals surface area contributed by atoms with E-state index >= 15 is 0 Å². The molecule has 5 nitrogen and oxygen atoms in total. The number of thioether (sulfide) groups is 1. The summed E-state index contributed by atoms with van der Waals surface area (Å²) in [7, 11) is 0. The van der Waals surface area contributed by atoms with Crippen molar-refractivity contribution in [2.24, 2.45) is 0 Å². The minimum absolute atomic E-state index is 0.0692. The third kappa shape index (κ3) is 3.41. The van der Waals surface area contributed by atoms with Gasteiger partial charge in [-0.1, -0.05) is 42.1 Å². The SMILES string of the molecule is O=C1CCCC2=C1[C@@H](c1ccc(F)cc1)n1nc(SCc3ccccc3F)nc1N2. The van der Waals surface area contributed by atoms with E-state index in [1.54, 1.807) is 35.0 Å². The molecule has 1 N–H and O–H groups in total. The van der Waals surface area contributed by atoms with Crippen molar-refractivity contribution in [3.63, 3.8) is 0 Å². The summed E-state index contributed by atoms with van der Waals surface area (Å²) in [6.45, 7) is 0. The molecule has 5 rings (SSSR count). The van der Waals surface area contributed by atoms with Gasteiger partial charge in [-0.2, -0.15) is 4.98 Å². The second-order valence-electron chi connectivity index (χ2n) is 7.29. The molecule has 8 heteroatoms. The molecule has 0 amide bonds. The molecular formula is C22H18F2N4OS. The van der Waals surface area contributed by atoms with Crippen molar-refractivity contribution < 1.29 is 13.6 Å². The van der Waals surface area contributed by atoms with E-state index in [1.807, 2.05) is 0 Å². The zero-order chi connectivity index (χ0) is 20.7. The van der Waals surface area contributed by atoms with E-state index < -0.39 is 6.04 Å². The van der Waals surface area contributed by atoms with E-state index in [9.17, 15) is 13.6 Å². The number of hydrogen-bond donors (Lipinski definition) is 1. The molecule has 0 radical (unpaired) electrons. The molecule has 0 saturated heterocycles. The minimum atomic E-state index is -0.458. The van der Waals surface area contributed by atoms with Gasteiger partial charge in [-0.15, -0.1) is 5.10 Å². The molecule has 1 atom stereocenters. The lowest BCUT2D eigenvalue weighted by Crippen LogP contribution is -2.31. The van der Waals surface area contributed by atoms with Crippen molar-refractivity contribution in [3.8, 4) is 0 Å². The van der Waals surface area contributed by atoms with Crippen LogP contribution in [0.25, 0.3) is 0 Å². The molecule has 152 valence electrons. The van der Waals surface area contributed by atoms with Gasteiger partial charge in [0.25, 0.3) is 0 Å². The van der Waals surface area contributed by atoms with Crippen LogP contribution in [0.4, 0.5) is 14.7 Å². The van der Waals surface area contributed by atoms with Crippen LogP contribution in [0.15, 0.2) is 65.0 Å². The van der Waals surface area contributed by atoms with E-state index in [2.05, 4.69) is 15.4 Å². The zero-order valence-electron chi connectivity index (χ0n) is 15.9. The molecule has 0 spiro atoms. The number of nitrogens with one attached hydrogen (secondary N) is 1. The van der Waals surface area contributed by atoms with Crippen LogP contribution in [0.1, 0.15) is 36.4 Å². The Morgan fingerprint density at radius 2 is 1.90 bits per heavy atom. The number of aromatic nitrogens is 3. The van der Waals surface area contributed by atoms with Crippen molar-refractivity contribution in [3.05, 3.63) is 82.6 Å². The molecule has 0 bridgehead atoms. The van der Waals surface area contributed by atoms with E-state index in [0.717, 1.165) is 24.1 Å². The number of halogens is 2. The number of fused-ring (bicyclic) bond motifs is 1. The first-order chi connectivity index (χ1) is 14.6. The topological polar surface area (TPSA) is 59.8 Å². The summed E-state index contributed by atoms with van der Waals surface area (Å²) in [4.78, 5) is 17.3. The molecule has 0 saturated carbocycles. The molecule has 2 heterocycles. The summed E-state index contributed by atoms with van der Waals surface area (Å²) < 4.78 is 29.1. The van der Waals surface area contributed by atoms with Gasteiger partial charge in [-0.3, -0.25) is 4.79 Å². The highest BCUT2D eigenvalue weighted by Crippen LogP contribution is 2.40. The van der Waals surface area contributed by atoms with Crippen molar-refractivity contribution >= 4 is 23.5 Å². The Kier molecular flexibility index (Phi) is 4.86. The van der Waals surface area contributed by atoms with Crippen molar-refractivity contribution in [1.29, 1.82) is 0 Å². The first kappa shape index (κ1) is 19.0. The summed E-state index contributed by atoms with van der Waals surface area (Å²) in [5.41, 5.74) is 2.87. The third-order valence-electron chi connectivity index (χ3n) is 5.35. The Labute approximate surface area is 176 Å². The van der Waals surface area contributed by atoms with Crippen LogP contribution < -0.4 is 5.32 Å². The van der Waals surface area contributed by atoms with Crippen LogP contribution in [0, 0.1) is 11.6 Å². The second-order valence-corrected chi connectivity index (χ2v) is 8.23. The molecule has 30 heavy (non-hydrogen) atoms. The number of rotatable bonds is 4. The second kappa shape index (κ2) is 7.68. The Bertz CT molecular complexity index is 1160. The molecule has 2 aromatic carbocycles. The quantitative estimate of drug-likeness (QED) is 0.606. The van der Waals surface area contributed by atoms with Gasteiger partial charge in [0.15, 0.2) is 5.78 Å². The lowest BCUT2D eigenvalue weighted by atomic mass is 9.85. The number of carbonyl (C=O) groups is 1. The molecule has 1 aliphatic heterocycles. The smallest absolute Gasteiger partial charge is 0.227 e. The van der Waals surface area contributed by atoms with Crippen LogP contribution in [-0.2, 0) is 10.5 Å². The van der Waals surface area contributed by atoms with Crippen LogP contribution >= 0.6 is 11.8 Å². The predicted octanol–water partition coefficient (Wildman–Crippen LogP) is 4.87. The Hall–Kier alpha value is -3.00. The van der Waals surface area contributed by atoms with E-state index in [-0.39, 0.29) is 17.4 Å². The molecule has 2 aliphatic rings. The van der Waals surface area contributed by atoms with Crippen LogP contribution in [0.2, 0.25) is 0 Å². The van der Waals surface area contributed by atoms with Gasteiger partial charge >= 0.3 is 0 Å². The van der Waals surface area contributed by atoms with Crippen molar-refractivity contribution in [2.45, 2.75) is 36.2 Å². The zero-order valence-corrected chi connectivity index (χ0v) is 16.8. The maximum Gasteiger partial charge on any atom is 0.227 e. The number of nitrogens with zero attached hydrogens (tertiary/aromatic N) is 3. The van der Waals surface area contributed by atoms with E-state index in [4.69, 9.17) is 0 Å². The summed E-state index contributed by atoms with van der Waals surface area (Å²) >= 11 is 1.33. The molecule has 0 fully saturated rings. The highest BCUT2D eigenvalue weighted by molar-refractivity contribution is 7.98. The van der Waals surface area contributed by atoms with Gasteiger partial charge in [0, 0.05) is 23.4 Å². The van der Waals surface area contributed by atoms with E-state index in [1.165, 1.54) is 30.0 Å². The van der Waals surface area contributed by atoms with Gasteiger partial charge in [-0.25, -0.2) is 13.5 Å². The molecule has 3 aromatic rings. The van der Waals surface area contributed by atoms with Crippen molar-refractivity contribution in [2.75, 3.05) is 5.32 Å². The molecular weight excluding hydrogens is 406 g/mol. The highest BCUT2D eigenvalue weighted by Gasteiger charge is 2.36. The van der Waals surface area contributed by atoms with E-state index in [0.29, 0.717) is 34.4 Å². The fourth-order valence-corrected chi connectivity index (χ4v) is 4.72.